The summed E-state index contributed by atoms with van der Waals surface area (Å²) >= 11 is 3.17. The first-order valence-corrected chi connectivity index (χ1v) is 33.2. The summed E-state index contributed by atoms with van der Waals surface area (Å²) in [6, 6.07) is 23.2. The lowest BCUT2D eigenvalue weighted by atomic mass is 9.81. The standard InChI is InChI=1S/C74H60N8O8S2/c1-75(2)21-9-25-79-67(83)37-17-13-33-35-15-19-39-51-47(73(89)81(69(39)85)27-11-23-77(5)6)31-43-59(55(35)51)57-41(29-45(71(79)87)49(37)53(33)57)61-63(43)91-66-62-42-30-46-50-38(68(84)80(72(46)88)26-10-22-76(3)4)18-14-34-36-16-20-40-52-48(74(90)82(70(40)86)28-12-24-78(7)8)32-44(64(62)92-65(61)66)60(56(36)52)58(42)54(34)50/h13-20,29-32H,9-12,21-28H2,1-8H3. The molecule has 16 nitrogen and oxygen atoms in total. The zero-order valence-electron chi connectivity index (χ0n) is 52.1. The molecule has 18 rings (SSSR count). The van der Waals surface area contributed by atoms with Crippen molar-refractivity contribution in [2.75, 3.05) is 82.6 Å². The number of hydrogen-bond acceptors (Lipinski definition) is 14. The molecule has 0 unspecified atom stereocenters. The van der Waals surface area contributed by atoms with Crippen LogP contribution in [0.2, 0.25) is 0 Å². The monoisotopic (exact) mass is 1250 g/mol. The molecule has 0 aliphatic carbocycles. The van der Waals surface area contributed by atoms with Crippen LogP contribution in [-0.4, -0.2) is 120 Å². The minimum absolute atomic E-state index is 0.223. The van der Waals surface area contributed by atoms with Crippen LogP contribution in [0, 0.1) is 0 Å². The molecule has 6 heterocycles. The van der Waals surface area contributed by atoms with E-state index in [1.165, 1.54) is 18.3 Å². The van der Waals surface area contributed by atoms with Gasteiger partial charge in [-0.2, -0.15) is 0 Å². The molecule has 18 heteroatoms. The maximum atomic E-state index is 15.5. The third kappa shape index (κ3) is 7.03. The number of rotatable bonds is 16. The highest BCUT2D eigenvalue weighted by Crippen LogP contribution is 2.59. The molecule has 0 aliphatic heterocycles. The number of pyridine rings is 4. The topological polar surface area (TPSA) is 169 Å². The van der Waals surface area contributed by atoms with Gasteiger partial charge in [-0.1, -0.05) is 24.3 Å². The molecular formula is C74H60N8O8S2. The molecule has 0 bridgehead atoms. The summed E-state index contributed by atoms with van der Waals surface area (Å²) in [5.74, 6) is 0. The molecular weight excluding hydrogens is 1190 g/mol. The van der Waals surface area contributed by atoms with Gasteiger partial charge in [0.25, 0.3) is 44.5 Å². The van der Waals surface area contributed by atoms with Crippen molar-refractivity contribution in [1.29, 1.82) is 0 Å². The molecule has 0 fully saturated rings. The summed E-state index contributed by atoms with van der Waals surface area (Å²) in [4.78, 5) is 129. The number of hydrogen-bond donors (Lipinski definition) is 0. The fourth-order valence-electron chi connectivity index (χ4n) is 16.7. The van der Waals surface area contributed by atoms with Gasteiger partial charge in [0, 0.05) is 133 Å². The number of aromatic nitrogens is 4. The molecule has 0 radical (unpaired) electrons. The quantitative estimate of drug-likeness (QED) is 0.0664. The molecule has 0 aliphatic rings. The molecule has 18 aromatic rings. The molecule has 0 atom stereocenters. The van der Waals surface area contributed by atoms with Crippen LogP contribution in [0.25, 0.3) is 180 Å². The van der Waals surface area contributed by atoms with Crippen molar-refractivity contribution in [2.24, 2.45) is 0 Å². The molecule has 0 amide bonds. The Labute approximate surface area is 528 Å². The number of benzene rings is 12. The molecule has 0 N–H and O–H groups in total. The summed E-state index contributed by atoms with van der Waals surface area (Å²) in [6.45, 7) is 3.60. The summed E-state index contributed by atoms with van der Waals surface area (Å²) in [6.07, 6.45) is 2.31. The van der Waals surface area contributed by atoms with E-state index in [2.05, 4.69) is 0 Å². The van der Waals surface area contributed by atoms with Crippen LogP contribution in [0.3, 0.4) is 0 Å². The van der Waals surface area contributed by atoms with E-state index in [1.807, 2.05) is 149 Å². The smallest absolute Gasteiger partial charge is 0.261 e. The van der Waals surface area contributed by atoms with E-state index in [0.29, 0.717) is 116 Å². The van der Waals surface area contributed by atoms with E-state index in [0.717, 1.165) is 116 Å². The minimum Gasteiger partial charge on any atom is -0.309 e. The minimum atomic E-state index is -0.377. The highest BCUT2D eigenvalue weighted by Gasteiger charge is 2.33. The zero-order chi connectivity index (χ0) is 63.3. The number of nitrogens with zero attached hydrogens (tertiary/aromatic N) is 8. The molecule has 92 heavy (non-hydrogen) atoms. The lowest BCUT2D eigenvalue weighted by Gasteiger charge is -2.22. The second-order valence-electron chi connectivity index (χ2n) is 27.0. The lowest BCUT2D eigenvalue weighted by molar-refractivity contribution is 0.384. The van der Waals surface area contributed by atoms with E-state index in [1.54, 1.807) is 22.7 Å². The zero-order valence-corrected chi connectivity index (χ0v) is 53.7. The first kappa shape index (κ1) is 55.7. The summed E-state index contributed by atoms with van der Waals surface area (Å²) < 4.78 is 9.07. The van der Waals surface area contributed by atoms with Crippen LogP contribution >= 0.6 is 22.7 Å². The maximum absolute atomic E-state index is 15.5. The van der Waals surface area contributed by atoms with Crippen LogP contribution in [0.4, 0.5) is 0 Å². The van der Waals surface area contributed by atoms with E-state index < -0.39 is 0 Å². The van der Waals surface area contributed by atoms with Crippen molar-refractivity contribution in [3.05, 3.63) is 156 Å². The van der Waals surface area contributed by atoms with Crippen LogP contribution < -0.4 is 44.5 Å². The average Bonchev–Trinajstić information content (AvgIpc) is 1.10. The maximum Gasteiger partial charge on any atom is 0.261 e. The molecule has 0 saturated heterocycles. The number of thiophene rings is 2. The van der Waals surface area contributed by atoms with E-state index in [4.69, 9.17) is 0 Å². The predicted octanol–water partition coefficient (Wildman–Crippen LogP) is 10.8. The summed E-state index contributed by atoms with van der Waals surface area (Å²) in [7, 11) is 15.7. The first-order chi connectivity index (χ1) is 44.3. The first-order valence-electron chi connectivity index (χ1n) is 31.5. The van der Waals surface area contributed by atoms with Gasteiger partial charge in [-0.25, -0.2) is 0 Å². The van der Waals surface area contributed by atoms with Gasteiger partial charge < -0.3 is 19.6 Å². The van der Waals surface area contributed by atoms with Crippen LogP contribution in [0.5, 0.6) is 0 Å². The second kappa shape index (κ2) is 19.2. The molecule has 0 saturated carbocycles. The molecule has 12 aromatic carbocycles. The Bertz CT molecular complexity index is 6390. The van der Waals surface area contributed by atoms with Gasteiger partial charge in [0.2, 0.25) is 0 Å². The van der Waals surface area contributed by atoms with Crippen molar-refractivity contribution >= 4 is 203 Å². The highest BCUT2D eigenvalue weighted by molar-refractivity contribution is 7.38. The van der Waals surface area contributed by atoms with Gasteiger partial charge in [0.15, 0.2) is 0 Å². The molecule has 456 valence electrons. The molecule has 6 aromatic heterocycles. The Morgan fingerprint density at radius 3 is 0.696 bits per heavy atom. The Balaban J connectivity index is 1.07. The van der Waals surface area contributed by atoms with E-state index in [9.17, 15) is 19.2 Å². The normalized spacial score (nSPS) is 13.4. The van der Waals surface area contributed by atoms with Crippen LogP contribution in [0.1, 0.15) is 25.7 Å². The van der Waals surface area contributed by atoms with Gasteiger partial charge in [-0.15, -0.1) is 22.7 Å². The summed E-state index contributed by atoms with van der Waals surface area (Å²) in [5.41, 5.74) is -2.90. The third-order valence-corrected chi connectivity index (χ3v) is 23.1. The van der Waals surface area contributed by atoms with Gasteiger partial charge in [0.1, 0.15) is 0 Å². The van der Waals surface area contributed by atoms with Crippen LogP contribution in [0.15, 0.2) is 111 Å². The van der Waals surface area contributed by atoms with Gasteiger partial charge >= 0.3 is 0 Å². The Hall–Kier alpha value is -9.14. The van der Waals surface area contributed by atoms with Crippen molar-refractivity contribution in [3.63, 3.8) is 0 Å². The van der Waals surface area contributed by atoms with Gasteiger partial charge in [0.05, 0.1) is 9.40 Å². The second-order valence-corrected chi connectivity index (χ2v) is 29.0. The Kier molecular flexibility index (Phi) is 11.6. The molecule has 0 spiro atoms. The fourth-order valence-corrected chi connectivity index (χ4v) is 19.6. The van der Waals surface area contributed by atoms with Gasteiger partial charge in [-0.05, 0) is 221 Å². The van der Waals surface area contributed by atoms with E-state index >= 15 is 19.2 Å². The van der Waals surface area contributed by atoms with Crippen LogP contribution in [-0.2, 0) is 26.2 Å². The average molecular weight is 1250 g/mol. The Morgan fingerprint density at radius 2 is 0.446 bits per heavy atom. The third-order valence-electron chi connectivity index (χ3n) is 20.5. The largest absolute Gasteiger partial charge is 0.309 e. The van der Waals surface area contributed by atoms with Gasteiger partial charge in [-0.3, -0.25) is 56.6 Å². The van der Waals surface area contributed by atoms with Crippen molar-refractivity contribution in [2.45, 2.75) is 51.9 Å². The lowest BCUT2D eigenvalue weighted by Crippen LogP contribution is -2.34. The predicted molar refractivity (Wildman–Crippen MR) is 384 cm³/mol. The summed E-state index contributed by atoms with van der Waals surface area (Å²) in [5, 5.41) is 20.3. The highest BCUT2D eigenvalue weighted by atomic mass is 32.1. The SMILES string of the molecule is CN(C)CCCn1c(=O)c2ccc3c4ccc5c(=O)n(CCCN(C)C)c(=O)c6cc7c8c(sc9c8sc8c%10cc%11c(=O)n(CCCN(C)C)c(=O)c%12ccc%13c%14ccc%15c(=O)n(CCCN(C)C)c(=O)c%16cc(c89)c(c%14c%15%16)c%10c%13c%12%11)c8cc(c1=O)c2c3c8c7c4c56. The number of fused-ring (bicyclic) bond motifs is 11. The van der Waals surface area contributed by atoms with Crippen molar-refractivity contribution in [3.8, 4) is 0 Å². The van der Waals surface area contributed by atoms with Crippen molar-refractivity contribution < 1.29 is 0 Å². The fraction of sp³-hybridized carbons (Fsp3) is 0.270. The Morgan fingerprint density at radius 1 is 0.239 bits per heavy atom. The van der Waals surface area contributed by atoms with E-state index in [-0.39, 0.29) is 70.7 Å². The van der Waals surface area contributed by atoms with Crippen molar-refractivity contribution in [1.82, 2.24) is 37.9 Å².